The van der Waals surface area contributed by atoms with Crippen LogP contribution in [-0.4, -0.2) is 16.5 Å². The number of hydrogen-bond acceptors (Lipinski definition) is 4. The van der Waals surface area contributed by atoms with Crippen molar-refractivity contribution < 1.29 is 4.39 Å². The third kappa shape index (κ3) is 3.31. The molecule has 90 valence electrons. The summed E-state index contributed by atoms with van der Waals surface area (Å²) in [6, 6.07) is 1.45. The highest BCUT2D eigenvalue weighted by molar-refractivity contribution is 7.09. The molecule has 2 aromatic heterocycles. The SMILES string of the molecule is NCCCCc1nc(-c2cncc(F)c2)cs1. The van der Waals surface area contributed by atoms with E-state index in [0.29, 0.717) is 6.54 Å². The number of rotatable bonds is 5. The number of hydrogen-bond donors (Lipinski definition) is 1. The molecule has 0 aliphatic heterocycles. The van der Waals surface area contributed by atoms with Crippen LogP contribution in [0.2, 0.25) is 0 Å². The Bertz CT molecular complexity index is 484. The largest absolute Gasteiger partial charge is 0.330 e. The van der Waals surface area contributed by atoms with E-state index in [-0.39, 0.29) is 5.82 Å². The summed E-state index contributed by atoms with van der Waals surface area (Å²) in [6.07, 6.45) is 5.81. The van der Waals surface area contributed by atoms with Gasteiger partial charge in [-0.15, -0.1) is 11.3 Å². The van der Waals surface area contributed by atoms with Gasteiger partial charge >= 0.3 is 0 Å². The molecule has 2 aromatic rings. The van der Waals surface area contributed by atoms with Crippen LogP contribution < -0.4 is 5.73 Å². The van der Waals surface area contributed by atoms with Crippen LogP contribution in [0.4, 0.5) is 4.39 Å². The van der Waals surface area contributed by atoms with Gasteiger partial charge in [0.05, 0.1) is 16.9 Å². The van der Waals surface area contributed by atoms with Crippen LogP contribution in [0.5, 0.6) is 0 Å². The number of nitrogens with two attached hydrogens (primary N) is 1. The van der Waals surface area contributed by atoms with Crippen LogP contribution in [0.25, 0.3) is 11.3 Å². The van der Waals surface area contributed by atoms with Crippen LogP contribution in [-0.2, 0) is 6.42 Å². The van der Waals surface area contributed by atoms with E-state index in [4.69, 9.17) is 5.73 Å². The number of unbranched alkanes of at least 4 members (excludes halogenated alkanes) is 1. The molecule has 0 unspecified atom stereocenters. The van der Waals surface area contributed by atoms with Crippen molar-refractivity contribution in [2.75, 3.05) is 6.54 Å². The lowest BCUT2D eigenvalue weighted by Crippen LogP contribution is -1.98. The van der Waals surface area contributed by atoms with Crippen LogP contribution in [0.15, 0.2) is 23.8 Å². The van der Waals surface area contributed by atoms with Crippen molar-refractivity contribution in [2.24, 2.45) is 5.73 Å². The van der Waals surface area contributed by atoms with E-state index in [0.717, 1.165) is 35.5 Å². The summed E-state index contributed by atoms with van der Waals surface area (Å²) >= 11 is 1.60. The average Bonchev–Trinajstić information content (AvgIpc) is 2.78. The predicted octanol–water partition coefficient (Wildman–Crippen LogP) is 2.63. The molecular weight excluding hydrogens is 237 g/mol. The van der Waals surface area contributed by atoms with Crippen molar-refractivity contribution >= 4 is 11.3 Å². The van der Waals surface area contributed by atoms with Crippen molar-refractivity contribution in [3.05, 3.63) is 34.7 Å². The fourth-order valence-corrected chi connectivity index (χ4v) is 2.38. The molecule has 0 amide bonds. The monoisotopic (exact) mass is 251 g/mol. The minimum atomic E-state index is -0.333. The molecule has 0 aliphatic carbocycles. The molecular formula is C12H14FN3S. The molecule has 0 atom stereocenters. The Kier molecular flexibility index (Phi) is 4.17. The average molecular weight is 251 g/mol. The maximum absolute atomic E-state index is 13.0. The van der Waals surface area contributed by atoms with Gasteiger partial charge in [0, 0.05) is 17.1 Å². The van der Waals surface area contributed by atoms with E-state index in [9.17, 15) is 4.39 Å². The van der Waals surface area contributed by atoms with Crippen LogP contribution in [0.1, 0.15) is 17.8 Å². The lowest BCUT2D eigenvalue weighted by atomic mass is 10.2. The zero-order chi connectivity index (χ0) is 12.1. The van der Waals surface area contributed by atoms with Gasteiger partial charge in [0.2, 0.25) is 0 Å². The van der Waals surface area contributed by atoms with E-state index < -0.39 is 0 Å². The lowest BCUT2D eigenvalue weighted by Gasteiger charge is -1.96. The Balaban J connectivity index is 2.07. The zero-order valence-electron chi connectivity index (χ0n) is 9.40. The zero-order valence-corrected chi connectivity index (χ0v) is 10.2. The number of aryl methyl sites for hydroxylation is 1. The van der Waals surface area contributed by atoms with Gasteiger partial charge in [-0.05, 0) is 31.9 Å². The smallest absolute Gasteiger partial charge is 0.142 e. The molecule has 3 nitrogen and oxygen atoms in total. The number of nitrogens with zero attached hydrogens (tertiary/aromatic N) is 2. The Morgan fingerprint density at radius 1 is 1.29 bits per heavy atom. The molecule has 0 fully saturated rings. The molecule has 2 heterocycles. The van der Waals surface area contributed by atoms with Gasteiger partial charge < -0.3 is 5.73 Å². The van der Waals surface area contributed by atoms with Gasteiger partial charge in [-0.2, -0.15) is 0 Å². The third-order valence-corrected chi connectivity index (χ3v) is 3.31. The fourth-order valence-electron chi connectivity index (χ4n) is 1.53. The highest BCUT2D eigenvalue weighted by Crippen LogP contribution is 2.22. The van der Waals surface area contributed by atoms with Gasteiger partial charge in [0.25, 0.3) is 0 Å². The molecule has 0 saturated carbocycles. The number of aromatic nitrogens is 2. The van der Waals surface area contributed by atoms with Crippen LogP contribution in [0, 0.1) is 5.82 Å². The molecule has 0 aromatic carbocycles. The van der Waals surface area contributed by atoms with Crippen LogP contribution >= 0.6 is 11.3 Å². The quantitative estimate of drug-likeness (QED) is 0.831. The molecule has 0 aliphatic rings. The second kappa shape index (κ2) is 5.84. The van der Waals surface area contributed by atoms with Gasteiger partial charge in [-0.25, -0.2) is 9.37 Å². The van der Waals surface area contributed by atoms with Gasteiger partial charge in [0.1, 0.15) is 5.82 Å². The first-order valence-corrected chi connectivity index (χ1v) is 6.43. The lowest BCUT2D eigenvalue weighted by molar-refractivity contribution is 0.622. The minimum absolute atomic E-state index is 0.333. The Morgan fingerprint density at radius 2 is 2.18 bits per heavy atom. The molecule has 0 radical (unpaired) electrons. The molecule has 2 rings (SSSR count). The summed E-state index contributed by atoms with van der Waals surface area (Å²) in [7, 11) is 0. The molecule has 2 N–H and O–H groups in total. The molecule has 0 bridgehead atoms. The van der Waals surface area contributed by atoms with E-state index in [1.165, 1.54) is 12.3 Å². The van der Waals surface area contributed by atoms with Crippen molar-refractivity contribution in [1.29, 1.82) is 0 Å². The summed E-state index contributed by atoms with van der Waals surface area (Å²) in [4.78, 5) is 8.28. The normalized spacial score (nSPS) is 10.7. The summed E-state index contributed by atoms with van der Waals surface area (Å²) in [5.74, 6) is -0.333. The standard InChI is InChI=1S/C12H14FN3S/c13-10-5-9(6-15-7-10)11-8-17-12(16-11)3-1-2-4-14/h5-8H,1-4,14H2. The Labute approximate surface area is 104 Å². The van der Waals surface area contributed by atoms with Gasteiger partial charge in [0.15, 0.2) is 0 Å². The fraction of sp³-hybridized carbons (Fsp3) is 0.333. The summed E-state index contributed by atoms with van der Waals surface area (Å²) in [5, 5.41) is 3.01. The van der Waals surface area contributed by atoms with Crippen molar-refractivity contribution in [1.82, 2.24) is 9.97 Å². The first kappa shape index (κ1) is 12.1. The van der Waals surface area contributed by atoms with Gasteiger partial charge in [-0.1, -0.05) is 0 Å². The van der Waals surface area contributed by atoms with Gasteiger partial charge in [-0.3, -0.25) is 4.98 Å². The molecule has 0 saturated heterocycles. The van der Waals surface area contributed by atoms with Crippen molar-refractivity contribution in [2.45, 2.75) is 19.3 Å². The topological polar surface area (TPSA) is 51.8 Å². The second-order valence-electron chi connectivity index (χ2n) is 3.76. The number of thiazole rings is 1. The maximum Gasteiger partial charge on any atom is 0.142 e. The summed E-state index contributed by atoms with van der Waals surface area (Å²) in [6.45, 7) is 0.714. The predicted molar refractivity (Wildman–Crippen MR) is 67.3 cm³/mol. The maximum atomic E-state index is 13.0. The van der Waals surface area contributed by atoms with E-state index in [1.54, 1.807) is 17.5 Å². The first-order valence-electron chi connectivity index (χ1n) is 5.55. The van der Waals surface area contributed by atoms with E-state index in [1.807, 2.05) is 5.38 Å². The van der Waals surface area contributed by atoms with Crippen LogP contribution in [0.3, 0.4) is 0 Å². The Hall–Kier alpha value is -1.33. The minimum Gasteiger partial charge on any atom is -0.330 e. The van der Waals surface area contributed by atoms with E-state index >= 15 is 0 Å². The summed E-state index contributed by atoms with van der Waals surface area (Å²) in [5.41, 5.74) is 6.96. The van der Waals surface area contributed by atoms with E-state index in [2.05, 4.69) is 9.97 Å². The molecule has 0 spiro atoms. The Morgan fingerprint density at radius 3 is 2.94 bits per heavy atom. The highest BCUT2D eigenvalue weighted by atomic mass is 32.1. The molecule has 17 heavy (non-hydrogen) atoms. The number of pyridine rings is 1. The second-order valence-corrected chi connectivity index (χ2v) is 4.71. The molecule has 5 heteroatoms. The highest BCUT2D eigenvalue weighted by Gasteiger charge is 2.05. The van der Waals surface area contributed by atoms with Crippen molar-refractivity contribution in [3.63, 3.8) is 0 Å². The first-order chi connectivity index (χ1) is 8.29. The third-order valence-electron chi connectivity index (χ3n) is 2.40. The van der Waals surface area contributed by atoms with Crippen molar-refractivity contribution in [3.8, 4) is 11.3 Å². The number of halogens is 1. The summed E-state index contributed by atoms with van der Waals surface area (Å²) < 4.78 is 13.0.